The van der Waals surface area contributed by atoms with E-state index in [2.05, 4.69) is 23.6 Å². The maximum Gasteiger partial charge on any atom is 0.339 e. The van der Waals surface area contributed by atoms with Gasteiger partial charge in [0.2, 0.25) is 0 Å². The van der Waals surface area contributed by atoms with Gasteiger partial charge in [-0.15, -0.1) is 0 Å². The van der Waals surface area contributed by atoms with Crippen LogP contribution in [0.5, 0.6) is 11.5 Å². The number of benzene rings is 4. The van der Waals surface area contributed by atoms with Crippen LogP contribution in [0.3, 0.4) is 0 Å². The second-order valence-electron chi connectivity index (χ2n) is 12.1. The molecule has 5 N–H and O–H groups in total. The van der Waals surface area contributed by atoms with Crippen LogP contribution in [0.15, 0.2) is 60.7 Å². The number of Topliss-reactive ketones (excluding diaryl/α,β-unsaturated/α-hetero) is 1. The molecule has 10 heteroatoms. The van der Waals surface area contributed by atoms with E-state index in [1.165, 1.54) is 12.1 Å². The molecule has 0 radical (unpaired) electrons. The van der Waals surface area contributed by atoms with E-state index >= 15 is 0 Å². The maximum atomic E-state index is 11.7. The number of carboxylic acids is 2. The molecular formula is C37H44N2O8. The Morgan fingerprint density at radius 3 is 1.66 bits per heavy atom. The van der Waals surface area contributed by atoms with Crippen molar-refractivity contribution in [2.75, 3.05) is 39.3 Å². The summed E-state index contributed by atoms with van der Waals surface area (Å²) >= 11 is 0. The van der Waals surface area contributed by atoms with Crippen molar-refractivity contribution in [3.05, 3.63) is 82.9 Å². The summed E-state index contributed by atoms with van der Waals surface area (Å²) in [7, 11) is 0. The average Bonchev–Trinajstić information content (AvgIpc) is 3.05. The lowest BCUT2D eigenvalue weighted by Gasteiger charge is -2.33. The van der Waals surface area contributed by atoms with E-state index in [0.717, 1.165) is 52.1 Å². The number of aromatic hydroxyl groups is 2. The smallest absolute Gasteiger partial charge is 0.339 e. The van der Waals surface area contributed by atoms with Gasteiger partial charge in [0.15, 0.2) is 0 Å². The lowest BCUT2D eigenvalue weighted by atomic mass is 9.90. The molecular weight excluding hydrogens is 600 g/mol. The molecule has 47 heavy (non-hydrogen) atoms. The van der Waals surface area contributed by atoms with Crippen molar-refractivity contribution >= 4 is 39.3 Å². The first-order valence-electron chi connectivity index (χ1n) is 16.0. The summed E-state index contributed by atoms with van der Waals surface area (Å²) in [6, 6.07) is 16.8. The number of carboxylic acid groups (broad SMARTS) is 2. The quantitative estimate of drug-likeness (QED) is 0.143. The number of phenols is 2. The Bertz CT molecular complexity index is 1640. The molecule has 0 amide bonds. The zero-order valence-corrected chi connectivity index (χ0v) is 27.1. The molecule has 0 spiro atoms. The maximum absolute atomic E-state index is 11.7. The van der Waals surface area contributed by atoms with Crippen molar-refractivity contribution in [1.82, 2.24) is 9.80 Å². The van der Waals surface area contributed by atoms with Gasteiger partial charge < -0.3 is 35.3 Å². The van der Waals surface area contributed by atoms with Crippen LogP contribution in [0.1, 0.15) is 65.5 Å². The third-order valence-electron chi connectivity index (χ3n) is 9.05. The lowest BCUT2D eigenvalue weighted by Crippen LogP contribution is -2.43. The standard InChI is InChI=1S/C23H16O6.C14H28N2O2/c24-20-16(14-7-3-1-5-12(14)9-18(20)22(26)27)11-17-15-8-4-2-6-13(15)10-19(21(17)25)23(28)29;1-4-15(5-2)10-13(12(3)17)11-16-8-6-14(18)7-9-16/h1-10,24-25H,11H2,(H,26,27)(H,28,29);13-14,18H,4-11H2,1-3H3. The van der Waals surface area contributed by atoms with Crippen molar-refractivity contribution in [2.24, 2.45) is 5.92 Å². The van der Waals surface area contributed by atoms with E-state index in [0.29, 0.717) is 32.7 Å². The summed E-state index contributed by atoms with van der Waals surface area (Å²) in [4.78, 5) is 39.6. The van der Waals surface area contributed by atoms with Crippen LogP contribution in [0.2, 0.25) is 0 Å². The van der Waals surface area contributed by atoms with Gasteiger partial charge in [-0.2, -0.15) is 0 Å². The van der Waals surface area contributed by atoms with E-state index in [-0.39, 0.29) is 35.4 Å². The van der Waals surface area contributed by atoms with Gasteiger partial charge in [0.25, 0.3) is 0 Å². The molecule has 5 rings (SSSR count). The van der Waals surface area contributed by atoms with E-state index in [1.54, 1.807) is 55.5 Å². The minimum atomic E-state index is -1.28. The topological polar surface area (TPSA) is 159 Å². The van der Waals surface area contributed by atoms with Gasteiger partial charge in [-0.05, 0) is 66.5 Å². The molecule has 1 atom stereocenters. The van der Waals surface area contributed by atoms with Gasteiger partial charge in [-0.25, -0.2) is 9.59 Å². The highest BCUT2D eigenvalue weighted by Gasteiger charge is 2.25. The number of hydrogen-bond donors (Lipinski definition) is 5. The Morgan fingerprint density at radius 1 is 0.809 bits per heavy atom. The molecule has 4 aromatic rings. The van der Waals surface area contributed by atoms with Gasteiger partial charge in [0, 0.05) is 49.6 Å². The Kier molecular flexibility index (Phi) is 11.9. The number of nitrogens with zero attached hydrogens (tertiary/aromatic N) is 2. The normalized spacial score (nSPS) is 14.6. The number of likely N-dealkylation sites (tertiary alicyclic amines) is 1. The van der Waals surface area contributed by atoms with Crippen LogP contribution in [-0.4, -0.2) is 98.4 Å². The molecule has 4 aromatic carbocycles. The van der Waals surface area contributed by atoms with Crippen LogP contribution >= 0.6 is 0 Å². The van der Waals surface area contributed by atoms with Gasteiger partial charge >= 0.3 is 11.9 Å². The number of hydrogen-bond acceptors (Lipinski definition) is 8. The molecule has 1 heterocycles. The summed E-state index contributed by atoms with van der Waals surface area (Å²) in [6.07, 6.45) is 1.51. The molecule has 0 bridgehead atoms. The number of aliphatic hydroxyl groups excluding tert-OH is 1. The molecule has 1 unspecified atom stereocenters. The molecule has 0 aromatic heterocycles. The fourth-order valence-corrected chi connectivity index (χ4v) is 6.21. The fourth-order valence-electron chi connectivity index (χ4n) is 6.21. The number of rotatable bonds is 11. The fraction of sp³-hybridized carbons (Fsp3) is 0.378. The molecule has 0 aliphatic carbocycles. The van der Waals surface area contributed by atoms with Crippen molar-refractivity contribution < 1.29 is 39.9 Å². The molecule has 250 valence electrons. The third-order valence-corrected chi connectivity index (χ3v) is 9.05. The largest absolute Gasteiger partial charge is 0.507 e. The summed E-state index contributed by atoms with van der Waals surface area (Å²) in [6.45, 7) is 11.5. The Labute approximate surface area is 274 Å². The first kappa shape index (κ1) is 35.3. The number of carbonyl (C=O) groups is 3. The van der Waals surface area contributed by atoms with E-state index in [9.17, 15) is 39.9 Å². The van der Waals surface area contributed by atoms with Crippen molar-refractivity contribution in [1.29, 1.82) is 0 Å². The predicted octanol–water partition coefficient (Wildman–Crippen LogP) is 5.38. The Hall–Kier alpha value is -4.51. The van der Waals surface area contributed by atoms with Crippen molar-refractivity contribution in [3.63, 3.8) is 0 Å². The second kappa shape index (κ2) is 15.9. The van der Waals surface area contributed by atoms with Crippen LogP contribution in [-0.2, 0) is 11.2 Å². The molecule has 1 aliphatic rings. The van der Waals surface area contributed by atoms with Crippen LogP contribution in [0, 0.1) is 5.92 Å². The summed E-state index contributed by atoms with van der Waals surface area (Å²) in [5.41, 5.74) is 0.112. The number of ketones is 1. The zero-order chi connectivity index (χ0) is 34.2. The minimum absolute atomic E-state index is 0.0407. The number of aromatic carboxylic acids is 2. The monoisotopic (exact) mass is 644 g/mol. The predicted molar refractivity (Wildman–Crippen MR) is 182 cm³/mol. The summed E-state index contributed by atoms with van der Waals surface area (Å²) in [5.74, 6) is -2.96. The van der Waals surface area contributed by atoms with E-state index in [1.807, 2.05) is 0 Å². The first-order valence-corrected chi connectivity index (χ1v) is 16.0. The minimum Gasteiger partial charge on any atom is -0.507 e. The number of piperidine rings is 1. The van der Waals surface area contributed by atoms with Crippen LogP contribution in [0.4, 0.5) is 0 Å². The molecule has 1 aliphatic heterocycles. The molecule has 1 fully saturated rings. The van der Waals surface area contributed by atoms with E-state index in [4.69, 9.17) is 0 Å². The summed E-state index contributed by atoms with van der Waals surface area (Å²) < 4.78 is 0. The van der Waals surface area contributed by atoms with Gasteiger partial charge in [-0.3, -0.25) is 4.79 Å². The zero-order valence-electron chi connectivity index (χ0n) is 27.1. The van der Waals surface area contributed by atoms with Gasteiger partial charge in [-0.1, -0.05) is 62.4 Å². The SMILES string of the molecule is CCN(CC)CC(CN1CCC(O)CC1)C(C)=O.O=C(O)c1cc2ccccc2c(Cc2c(O)c(C(=O)O)cc3ccccc23)c1O. The number of fused-ring (bicyclic) bond motifs is 2. The first-order chi connectivity index (χ1) is 22.4. The van der Waals surface area contributed by atoms with Crippen molar-refractivity contribution in [3.8, 4) is 11.5 Å². The molecule has 1 saturated heterocycles. The Balaban J connectivity index is 0.000000240. The second-order valence-corrected chi connectivity index (χ2v) is 12.1. The summed E-state index contributed by atoms with van der Waals surface area (Å²) in [5, 5.41) is 52.3. The highest BCUT2D eigenvalue weighted by Crippen LogP contribution is 2.38. The molecule has 10 nitrogen and oxygen atoms in total. The van der Waals surface area contributed by atoms with Crippen LogP contribution in [0.25, 0.3) is 21.5 Å². The lowest BCUT2D eigenvalue weighted by molar-refractivity contribution is -0.122. The number of carbonyl (C=O) groups excluding carboxylic acids is 1. The van der Waals surface area contributed by atoms with Gasteiger partial charge in [0.1, 0.15) is 28.4 Å². The van der Waals surface area contributed by atoms with Gasteiger partial charge in [0.05, 0.1) is 6.10 Å². The van der Waals surface area contributed by atoms with E-state index < -0.39 is 23.4 Å². The average molecular weight is 645 g/mol. The number of aliphatic hydroxyl groups is 1. The van der Waals surface area contributed by atoms with Crippen LogP contribution < -0.4 is 0 Å². The Morgan fingerprint density at radius 2 is 1.26 bits per heavy atom. The third kappa shape index (κ3) is 8.45. The van der Waals surface area contributed by atoms with Crippen molar-refractivity contribution in [2.45, 2.75) is 46.1 Å². The highest BCUT2D eigenvalue weighted by molar-refractivity contribution is 6.02. The molecule has 0 saturated carbocycles. The highest BCUT2D eigenvalue weighted by atomic mass is 16.4.